The van der Waals surface area contributed by atoms with Gasteiger partial charge in [0.15, 0.2) is 11.4 Å². The second-order valence-corrected chi connectivity index (χ2v) is 12.2. The molecule has 182 valence electrons. The monoisotopic (exact) mass is 541 g/mol. The highest BCUT2D eigenvalue weighted by atomic mass is 35.5. The van der Waals surface area contributed by atoms with Crippen LogP contribution in [0.1, 0.15) is 34.5 Å². The van der Waals surface area contributed by atoms with Crippen molar-refractivity contribution >= 4 is 55.3 Å². The van der Waals surface area contributed by atoms with E-state index < -0.39 is 10.0 Å². The summed E-state index contributed by atoms with van der Waals surface area (Å²) < 4.78 is 40.3. The number of ether oxygens (including phenoxy) is 2. The number of halogens is 1. The lowest BCUT2D eigenvalue weighted by atomic mass is 10.1. The van der Waals surface area contributed by atoms with Crippen molar-refractivity contribution in [3.63, 3.8) is 0 Å². The molecule has 4 rings (SSSR count). The molecule has 1 fully saturated rings. The molecule has 8 nitrogen and oxygen atoms in total. The summed E-state index contributed by atoms with van der Waals surface area (Å²) in [5.41, 5.74) is 0.975. The highest BCUT2D eigenvalue weighted by Crippen LogP contribution is 2.35. The number of nitrogens with zero attached hydrogens (tertiary/aromatic N) is 1. The van der Waals surface area contributed by atoms with E-state index in [1.54, 1.807) is 30.3 Å². The van der Waals surface area contributed by atoms with Crippen LogP contribution < -0.4 is 10.0 Å². The van der Waals surface area contributed by atoms with Gasteiger partial charge in [-0.2, -0.15) is 0 Å². The number of carbonyl (C=O) groups excluding carboxylic acids is 1. The number of sulfonamides is 1. The van der Waals surface area contributed by atoms with Crippen molar-refractivity contribution in [2.75, 3.05) is 25.1 Å². The van der Waals surface area contributed by atoms with Crippen molar-refractivity contribution in [2.24, 2.45) is 0 Å². The molecule has 0 aliphatic carbocycles. The summed E-state index contributed by atoms with van der Waals surface area (Å²) in [5.74, 6) is -0.327. The minimum Gasteiger partial charge on any atom is -0.353 e. The number of benzene rings is 1. The Morgan fingerprint density at radius 2 is 2.12 bits per heavy atom. The Hall–Kier alpha value is -1.86. The number of nitrogens with one attached hydrogen (secondary N) is 2. The van der Waals surface area contributed by atoms with Crippen LogP contribution in [0.25, 0.3) is 10.4 Å². The van der Waals surface area contributed by atoms with Crippen LogP contribution in [0.4, 0.5) is 5.13 Å². The van der Waals surface area contributed by atoms with Gasteiger partial charge >= 0.3 is 0 Å². The predicted octanol–water partition coefficient (Wildman–Crippen LogP) is 4.91. The van der Waals surface area contributed by atoms with Crippen molar-refractivity contribution in [1.29, 1.82) is 0 Å². The molecule has 3 aromatic rings. The van der Waals surface area contributed by atoms with Gasteiger partial charge < -0.3 is 9.47 Å². The number of amides is 1. The first-order valence-electron chi connectivity index (χ1n) is 10.7. The molecule has 1 unspecified atom stereocenters. The van der Waals surface area contributed by atoms with Crippen LogP contribution in [0, 0.1) is 6.92 Å². The molecule has 0 spiro atoms. The van der Waals surface area contributed by atoms with E-state index in [-0.39, 0.29) is 30.2 Å². The summed E-state index contributed by atoms with van der Waals surface area (Å²) in [6.45, 7) is 2.83. The number of aromatic nitrogens is 1. The zero-order chi connectivity index (χ0) is 24.1. The maximum Gasteiger partial charge on any atom is 0.258 e. The fraction of sp³-hybridized carbons (Fsp3) is 0.364. The van der Waals surface area contributed by atoms with E-state index in [1.165, 1.54) is 17.5 Å². The average molecular weight is 542 g/mol. The molecule has 1 aromatic carbocycles. The van der Waals surface area contributed by atoms with Gasteiger partial charge in [0.2, 0.25) is 10.0 Å². The summed E-state index contributed by atoms with van der Waals surface area (Å²) in [6, 6.07) is 8.42. The van der Waals surface area contributed by atoms with Gasteiger partial charge in [0, 0.05) is 28.5 Å². The minimum absolute atomic E-state index is 0.129. The molecule has 1 aliphatic heterocycles. The Kier molecular flexibility index (Phi) is 8.35. The van der Waals surface area contributed by atoms with Crippen molar-refractivity contribution in [3.05, 3.63) is 51.3 Å². The van der Waals surface area contributed by atoms with Crippen LogP contribution >= 0.6 is 34.3 Å². The lowest BCUT2D eigenvalue weighted by Gasteiger charge is -2.22. The topological polar surface area (TPSA) is 107 Å². The smallest absolute Gasteiger partial charge is 0.258 e. The second-order valence-electron chi connectivity index (χ2n) is 7.57. The highest BCUT2D eigenvalue weighted by molar-refractivity contribution is 7.89. The van der Waals surface area contributed by atoms with Crippen LogP contribution in [0.15, 0.2) is 41.4 Å². The van der Waals surface area contributed by atoms with Crippen molar-refractivity contribution in [3.8, 4) is 10.4 Å². The Bertz CT molecular complexity index is 1250. The van der Waals surface area contributed by atoms with Crippen LogP contribution in [0.5, 0.6) is 0 Å². The number of hydrogen-bond acceptors (Lipinski definition) is 8. The number of aryl methyl sites for hydroxylation is 1. The molecule has 1 aliphatic rings. The molecular weight excluding hydrogens is 518 g/mol. The van der Waals surface area contributed by atoms with Crippen LogP contribution in [0.3, 0.4) is 0 Å². The number of rotatable bonds is 9. The molecule has 1 atom stereocenters. The standard InChI is InChI=1S/C22H24ClN3O5S3/c1-14-16(21(27)26-22-24-13-19(23)33-22)12-17(32-14)15-6-2-3-7-18(15)34(28,29)25-9-11-31-20-8-4-5-10-30-20/h2-3,6-7,12-13,20,25H,4-5,8-11H2,1H3,(H,24,26,27). The molecule has 0 bridgehead atoms. The molecule has 0 saturated carbocycles. The van der Waals surface area contributed by atoms with Crippen molar-refractivity contribution in [1.82, 2.24) is 9.71 Å². The van der Waals surface area contributed by atoms with Gasteiger partial charge in [0.25, 0.3) is 5.91 Å². The SMILES string of the molecule is Cc1sc(-c2ccccc2S(=O)(=O)NCCOC2CCCCO2)cc1C(=O)Nc1ncc(Cl)s1. The van der Waals surface area contributed by atoms with E-state index in [9.17, 15) is 13.2 Å². The van der Waals surface area contributed by atoms with Crippen LogP contribution in [0.2, 0.25) is 4.34 Å². The van der Waals surface area contributed by atoms with E-state index in [1.807, 2.05) is 6.92 Å². The third kappa shape index (κ3) is 6.22. The maximum absolute atomic E-state index is 13.1. The van der Waals surface area contributed by atoms with Crippen molar-refractivity contribution < 1.29 is 22.7 Å². The number of carbonyl (C=O) groups is 1. The van der Waals surface area contributed by atoms with E-state index >= 15 is 0 Å². The first-order chi connectivity index (χ1) is 16.3. The number of thiophene rings is 1. The quantitative estimate of drug-likeness (QED) is 0.373. The maximum atomic E-state index is 13.1. The fourth-order valence-electron chi connectivity index (χ4n) is 3.51. The zero-order valence-corrected chi connectivity index (χ0v) is 21.6. The third-order valence-electron chi connectivity index (χ3n) is 5.14. The summed E-state index contributed by atoms with van der Waals surface area (Å²) in [7, 11) is -3.80. The summed E-state index contributed by atoms with van der Waals surface area (Å²) >= 11 is 8.40. The van der Waals surface area contributed by atoms with E-state index in [2.05, 4.69) is 15.0 Å². The van der Waals surface area contributed by atoms with E-state index in [4.69, 9.17) is 21.1 Å². The number of thiazole rings is 1. The molecule has 0 radical (unpaired) electrons. The lowest BCUT2D eigenvalue weighted by Crippen LogP contribution is -2.30. The first kappa shape index (κ1) is 25.2. The van der Waals surface area contributed by atoms with Crippen LogP contribution in [-0.4, -0.2) is 45.4 Å². The fourth-order valence-corrected chi connectivity index (χ4v) is 6.67. The van der Waals surface area contributed by atoms with Gasteiger partial charge in [0.05, 0.1) is 23.3 Å². The van der Waals surface area contributed by atoms with E-state index in [0.29, 0.717) is 32.1 Å². The Morgan fingerprint density at radius 1 is 1.29 bits per heavy atom. The van der Waals surface area contributed by atoms with Crippen molar-refractivity contribution in [2.45, 2.75) is 37.4 Å². The molecule has 2 aromatic heterocycles. The molecule has 2 N–H and O–H groups in total. The summed E-state index contributed by atoms with van der Waals surface area (Å²) in [6.07, 6.45) is 4.08. The molecule has 1 saturated heterocycles. The minimum atomic E-state index is -3.80. The zero-order valence-electron chi connectivity index (χ0n) is 18.4. The third-order valence-corrected chi connectivity index (χ3v) is 8.77. The molecule has 12 heteroatoms. The largest absolute Gasteiger partial charge is 0.353 e. The van der Waals surface area contributed by atoms with Gasteiger partial charge in [-0.05, 0) is 38.3 Å². The normalized spacial score (nSPS) is 16.5. The van der Waals surface area contributed by atoms with Crippen LogP contribution in [-0.2, 0) is 19.5 Å². The Morgan fingerprint density at radius 3 is 2.85 bits per heavy atom. The van der Waals surface area contributed by atoms with Gasteiger partial charge in [-0.3, -0.25) is 10.1 Å². The highest BCUT2D eigenvalue weighted by Gasteiger charge is 2.23. The molecule has 1 amide bonds. The number of anilines is 1. The molecule has 3 heterocycles. The first-order valence-corrected chi connectivity index (χ1v) is 14.2. The van der Waals surface area contributed by atoms with Gasteiger partial charge in [-0.25, -0.2) is 18.1 Å². The average Bonchev–Trinajstić information content (AvgIpc) is 3.42. The van der Waals surface area contributed by atoms with Gasteiger partial charge in [-0.15, -0.1) is 11.3 Å². The molecule has 34 heavy (non-hydrogen) atoms. The van der Waals surface area contributed by atoms with Gasteiger partial charge in [-0.1, -0.05) is 41.1 Å². The summed E-state index contributed by atoms with van der Waals surface area (Å²) in [5, 5.41) is 3.13. The Balaban J connectivity index is 1.47. The van der Waals surface area contributed by atoms with E-state index in [0.717, 1.165) is 35.5 Å². The number of hydrogen-bond donors (Lipinski definition) is 2. The van der Waals surface area contributed by atoms with Gasteiger partial charge in [0.1, 0.15) is 4.34 Å². The predicted molar refractivity (Wildman–Crippen MR) is 134 cm³/mol. The summed E-state index contributed by atoms with van der Waals surface area (Å²) in [4.78, 5) is 18.4. The molecular formula is C22H24ClN3O5S3. The second kappa shape index (κ2) is 11.3. The lowest BCUT2D eigenvalue weighted by molar-refractivity contribution is -0.160. The Labute approximate surface area is 211 Å².